The highest BCUT2D eigenvalue weighted by molar-refractivity contribution is 6.28. The van der Waals surface area contributed by atoms with Gasteiger partial charge in [-0.2, -0.15) is 0 Å². The number of aromatic nitrogens is 4. The molecule has 6 aromatic rings. The van der Waals surface area contributed by atoms with Gasteiger partial charge in [-0.15, -0.1) is 26.3 Å². The standard InChI is InChI=1S/C27H31N5O2.C16H18ClN3O.C11H14N2O/c1-5-7-11-26(33)29-22-9-8-10-23(18-22)30-27-28-15-14-24(31-27)20-12-13-25(34-4)21(17-20)19-32(3)16-6-2;1-4-9-20(2)11-13-10-12(5-6-15(13)21-3)14-7-8-18-16(17)19-14;1-2-3-7-11(14)13-10-6-4-5-9(12)8-10/h5-6,8-10,12-15,17-18H,1-2,7,11,16,19H2,3-4H3,(H,29,33)(H,28,30,31);4-8,10H,1,9,11H2,2-3H3;2,4-6,8H,1,3,7,12H2,(H,13,14). The first-order valence-corrected chi connectivity index (χ1v) is 22.5. The van der Waals surface area contributed by atoms with Gasteiger partial charge in [0.2, 0.25) is 23.0 Å². The van der Waals surface area contributed by atoms with Gasteiger partial charge in [0.05, 0.1) is 25.6 Å². The van der Waals surface area contributed by atoms with Crippen molar-refractivity contribution in [2.24, 2.45) is 0 Å². The van der Waals surface area contributed by atoms with E-state index in [-0.39, 0.29) is 17.1 Å². The number of nitrogens with two attached hydrogens (primary N) is 1. The Hall–Kier alpha value is -7.65. The van der Waals surface area contributed by atoms with E-state index < -0.39 is 0 Å². The van der Waals surface area contributed by atoms with Gasteiger partial charge in [-0.3, -0.25) is 19.4 Å². The largest absolute Gasteiger partial charge is 0.496 e. The number of carbonyl (C=O) groups is 2. The average Bonchev–Trinajstić information content (AvgIpc) is 3.33. The Morgan fingerprint density at radius 3 is 1.62 bits per heavy atom. The third-order valence-electron chi connectivity index (χ3n) is 9.92. The summed E-state index contributed by atoms with van der Waals surface area (Å²) in [5.74, 6) is 2.09. The van der Waals surface area contributed by atoms with Crippen LogP contribution in [0.2, 0.25) is 5.28 Å². The minimum atomic E-state index is -0.0515. The van der Waals surface area contributed by atoms with Crippen LogP contribution in [0.15, 0.2) is 160 Å². The number of allylic oxidation sites excluding steroid dienone is 2. The second kappa shape index (κ2) is 29.2. The SMILES string of the molecule is C=CCCC(=O)Nc1cccc(N)c1.C=CCCC(=O)Nc1cccc(Nc2nccc(-c3ccc(OC)c(CN(C)CC=C)c3)n2)c1.C=CCN(C)Cc1cc(-c2ccnc(Cl)n2)ccc1OC. The van der Waals surface area contributed by atoms with Crippen LogP contribution in [0.3, 0.4) is 0 Å². The number of ether oxygens (including phenoxy) is 2. The van der Waals surface area contributed by atoms with Crippen molar-refractivity contribution in [3.63, 3.8) is 0 Å². The average molecular weight is 952 g/mol. The summed E-state index contributed by atoms with van der Waals surface area (Å²) in [7, 11) is 7.42. The molecule has 4 aromatic carbocycles. The third kappa shape index (κ3) is 18.9. The van der Waals surface area contributed by atoms with Crippen molar-refractivity contribution in [2.75, 3.05) is 63.1 Å². The van der Waals surface area contributed by atoms with Crippen molar-refractivity contribution in [2.45, 2.75) is 38.8 Å². The van der Waals surface area contributed by atoms with Crippen LogP contribution < -0.4 is 31.2 Å². The molecule has 0 unspecified atom stereocenters. The van der Waals surface area contributed by atoms with Crippen LogP contribution in [0, 0.1) is 0 Å². The molecule has 5 N–H and O–H groups in total. The fourth-order valence-electron chi connectivity index (χ4n) is 6.68. The minimum Gasteiger partial charge on any atom is -0.496 e. The van der Waals surface area contributed by atoms with Gasteiger partial charge in [0.15, 0.2) is 0 Å². The van der Waals surface area contributed by atoms with E-state index in [1.807, 2.05) is 93.0 Å². The zero-order valence-corrected chi connectivity index (χ0v) is 40.7. The number of hydrogen-bond donors (Lipinski definition) is 4. The van der Waals surface area contributed by atoms with Crippen LogP contribution in [-0.2, 0) is 22.7 Å². The van der Waals surface area contributed by atoms with E-state index in [0.29, 0.717) is 43.0 Å². The molecule has 14 nitrogen and oxygen atoms in total. The number of hydrogen-bond acceptors (Lipinski definition) is 12. The molecule has 0 spiro atoms. The highest BCUT2D eigenvalue weighted by Crippen LogP contribution is 2.29. The summed E-state index contributed by atoms with van der Waals surface area (Å²) in [6, 6.07) is 30.3. The first-order valence-electron chi connectivity index (χ1n) is 22.2. The number of likely N-dealkylation sites (N-methyl/N-ethyl adjacent to an activating group) is 2. The van der Waals surface area contributed by atoms with Gasteiger partial charge in [0.25, 0.3) is 0 Å². The molecule has 6 rings (SSSR count). The van der Waals surface area contributed by atoms with Crippen molar-refractivity contribution in [1.82, 2.24) is 29.7 Å². The van der Waals surface area contributed by atoms with E-state index in [1.165, 1.54) is 0 Å². The molecule has 0 aliphatic rings. The molecule has 2 aromatic heterocycles. The second-order valence-corrected chi connectivity index (χ2v) is 15.9. The first-order chi connectivity index (χ1) is 33.4. The Morgan fingerprint density at radius 1 is 0.638 bits per heavy atom. The maximum Gasteiger partial charge on any atom is 0.227 e. The smallest absolute Gasteiger partial charge is 0.227 e. The van der Waals surface area contributed by atoms with E-state index in [9.17, 15) is 9.59 Å². The van der Waals surface area contributed by atoms with Crippen LogP contribution >= 0.6 is 11.6 Å². The number of anilines is 5. The molecule has 15 heteroatoms. The molecule has 2 heterocycles. The van der Waals surface area contributed by atoms with Crippen molar-refractivity contribution >= 4 is 52.1 Å². The molecular formula is C54H63ClN10O4. The van der Waals surface area contributed by atoms with Gasteiger partial charge in [-0.05, 0) is 123 Å². The third-order valence-corrected chi connectivity index (χ3v) is 10.1. The van der Waals surface area contributed by atoms with Crippen molar-refractivity contribution in [1.29, 1.82) is 0 Å². The van der Waals surface area contributed by atoms with Gasteiger partial charge in [-0.25, -0.2) is 19.9 Å². The molecule has 69 heavy (non-hydrogen) atoms. The van der Waals surface area contributed by atoms with Gasteiger partial charge in [0, 0.05) is 96.4 Å². The van der Waals surface area contributed by atoms with Crippen LogP contribution in [0.25, 0.3) is 22.5 Å². The molecule has 0 aliphatic heterocycles. The normalized spacial score (nSPS) is 10.4. The Labute approximate surface area is 411 Å². The van der Waals surface area contributed by atoms with Gasteiger partial charge < -0.3 is 31.2 Å². The number of benzene rings is 4. The van der Waals surface area contributed by atoms with E-state index in [0.717, 1.165) is 82.7 Å². The number of carbonyl (C=O) groups excluding carboxylic acids is 2. The molecule has 2 amide bonds. The van der Waals surface area contributed by atoms with Crippen LogP contribution in [0.5, 0.6) is 11.5 Å². The zero-order chi connectivity index (χ0) is 50.0. The molecule has 0 bridgehead atoms. The fourth-order valence-corrected chi connectivity index (χ4v) is 6.83. The Bertz CT molecular complexity index is 2640. The van der Waals surface area contributed by atoms with Crippen molar-refractivity contribution in [3.05, 3.63) is 176 Å². The summed E-state index contributed by atoms with van der Waals surface area (Å²) in [6.07, 6.45) is 12.8. The summed E-state index contributed by atoms with van der Waals surface area (Å²) < 4.78 is 11.0. The van der Waals surface area contributed by atoms with Gasteiger partial charge in [-0.1, -0.05) is 36.4 Å². The Balaban J connectivity index is 0.000000251. The number of rotatable bonds is 22. The van der Waals surface area contributed by atoms with Crippen molar-refractivity contribution < 1.29 is 19.1 Å². The molecule has 0 aliphatic carbocycles. The van der Waals surface area contributed by atoms with E-state index in [1.54, 1.807) is 57.0 Å². The predicted octanol–water partition coefficient (Wildman–Crippen LogP) is 11.0. The highest BCUT2D eigenvalue weighted by atomic mass is 35.5. The summed E-state index contributed by atoms with van der Waals surface area (Å²) in [4.78, 5) is 44.8. The molecule has 0 fully saturated rings. The number of nitrogens with one attached hydrogen (secondary N) is 3. The second-order valence-electron chi connectivity index (χ2n) is 15.6. The molecule has 0 saturated heterocycles. The lowest BCUT2D eigenvalue weighted by molar-refractivity contribution is -0.116. The zero-order valence-electron chi connectivity index (χ0n) is 40.0. The number of halogens is 1. The Morgan fingerprint density at radius 2 is 1.13 bits per heavy atom. The van der Waals surface area contributed by atoms with E-state index in [2.05, 4.69) is 79.2 Å². The van der Waals surface area contributed by atoms with Crippen LogP contribution in [0.4, 0.5) is 28.7 Å². The lowest BCUT2D eigenvalue weighted by Gasteiger charge is -2.17. The summed E-state index contributed by atoms with van der Waals surface area (Å²) in [5.41, 5.74) is 14.1. The first kappa shape index (κ1) is 54.0. The minimum absolute atomic E-state index is 0.0181. The number of nitrogens with zero attached hydrogens (tertiary/aromatic N) is 6. The van der Waals surface area contributed by atoms with Crippen LogP contribution in [0.1, 0.15) is 36.8 Å². The van der Waals surface area contributed by atoms with E-state index >= 15 is 0 Å². The lowest BCUT2D eigenvalue weighted by atomic mass is 10.1. The van der Waals surface area contributed by atoms with E-state index in [4.69, 9.17) is 31.8 Å². The highest BCUT2D eigenvalue weighted by Gasteiger charge is 2.12. The summed E-state index contributed by atoms with van der Waals surface area (Å²) in [5, 5.41) is 9.11. The Kier molecular flexibility index (Phi) is 22.8. The molecule has 0 saturated carbocycles. The summed E-state index contributed by atoms with van der Waals surface area (Å²) in [6.45, 7) is 17.8. The number of methoxy groups -OCH3 is 2. The quantitative estimate of drug-likeness (QED) is 0.0289. The maximum atomic E-state index is 12.0. The molecular weight excluding hydrogens is 888 g/mol. The summed E-state index contributed by atoms with van der Waals surface area (Å²) >= 11 is 5.85. The molecule has 360 valence electrons. The molecule has 0 radical (unpaired) electrons. The number of nitrogen functional groups attached to an aromatic ring is 1. The number of amides is 2. The predicted molar refractivity (Wildman–Crippen MR) is 283 cm³/mol. The lowest BCUT2D eigenvalue weighted by Crippen LogP contribution is -2.18. The van der Waals surface area contributed by atoms with Gasteiger partial charge in [0.1, 0.15) is 11.5 Å². The monoisotopic (exact) mass is 950 g/mol. The van der Waals surface area contributed by atoms with Crippen molar-refractivity contribution in [3.8, 4) is 34.0 Å². The van der Waals surface area contributed by atoms with Crippen LogP contribution in [-0.4, -0.2) is 83.0 Å². The fraction of sp³-hybridized carbons (Fsp3) is 0.222. The molecule has 0 atom stereocenters. The maximum absolute atomic E-state index is 12.0. The van der Waals surface area contributed by atoms with Gasteiger partial charge >= 0.3 is 0 Å². The topological polar surface area (TPSA) is 173 Å².